The van der Waals surface area contributed by atoms with Gasteiger partial charge in [0.05, 0.1) is 0 Å². The molecule has 0 atom stereocenters. The second-order valence-corrected chi connectivity index (χ2v) is 5.58. The number of hydrogen-bond acceptors (Lipinski definition) is 3. The predicted molar refractivity (Wildman–Crippen MR) is 75.7 cm³/mol. The fraction of sp³-hybridized carbons (Fsp3) is 0.462. The molecule has 0 spiro atoms. The highest BCUT2D eigenvalue weighted by Crippen LogP contribution is 2.26. The molecule has 2 rings (SSSR count). The summed E-state index contributed by atoms with van der Waals surface area (Å²) in [5.41, 5.74) is 1.02. The Bertz CT molecular complexity index is 402. The van der Waals surface area contributed by atoms with Crippen LogP contribution in [0.2, 0.25) is 0 Å². The van der Waals surface area contributed by atoms with Crippen LogP contribution in [0.25, 0.3) is 0 Å². The third-order valence-corrected chi connectivity index (χ3v) is 3.43. The standard InChI is InChI=1S/C13H16INO2/c1-15-10-7-12(8-10)17-11-4-2-3-9(5-11)6-13(14)16/h2-5,10,12,15H,6-8H2,1H3. The average molecular weight is 345 g/mol. The minimum absolute atomic E-state index is 0.152. The van der Waals surface area contributed by atoms with Gasteiger partial charge in [0.15, 0.2) is 3.79 Å². The number of carbonyl (C=O) groups excluding carboxylic acids is 1. The summed E-state index contributed by atoms with van der Waals surface area (Å²) in [6.07, 6.45) is 2.91. The van der Waals surface area contributed by atoms with Crippen LogP contribution in [0.1, 0.15) is 18.4 Å². The molecule has 0 heterocycles. The molecule has 3 nitrogen and oxygen atoms in total. The van der Waals surface area contributed by atoms with E-state index in [0.717, 1.165) is 24.2 Å². The maximum Gasteiger partial charge on any atom is 0.196 e. The molecule has 0 radical (unpaired) electrons. The Morgan fingerprint density at radius 3 is 2.94 bits per heavy atom. The zero-order valence-electron chi connectivity index (χ0n) is 9.78. The Labute approximate surface area is 115 Å². The van der Waals surface area contributed by atoms with Gasteiger partial charge in [-0.25, -0.2) is 0 Å². The molecule has 0 bridgehead atoms. The van der Waals surface area contributed by atoms with Crippen LogP contribution in [0.3, 0.4) is 0 Å². The maximum absolute atomic E-state index is 11.0. The Morgan fingerprint density at radius 1 is 1.53 bits per heavy atom. The molecule has 0 amide bonds. The van der Waals surface area contributed by atoms with Crippen molar-refractivity contribution in [2.75, 3.05) is 7.05 Å². The van der Waals surface area contributed by atoms with Crippen LogP contribution in [0.5, 0.6) is 5.75 Å². The molecule has 0 saturated heterocycles. The molecule has 4 heteroatoms. The van der Waals surface area contributed by atoms with Crippen LogP contribution in [-0.4, -0.2) is 23.0 Å². The zero-order valence-corrected chi connectivity index (χ0v) is 11.9. The van der Waals surface area contributed by atoms with Gasteiger partial charge in [-0.1, -0.05) is 12.1 Å². The normalized spacial score (nSPS) is 22.9. The van der Waals surface area contributed by atoms with Gasteiger partial charge in [0.25, 0.3) is 0 Å². The van der Waals surface area contributed by atoms with Gasteiger partial charge in [-0.15, -0.1) is 0 Å². The first-order chi connectivity index (χ1) is 8.17. The molecular weight excluding hydrogens is 329 g/mol. The van der Waals surface area contributed by atoms with Crippen molar-refractivity contribution < 1.29 is 9.53 Å². The quantitative estimate of drug-likeness (QED) is 0.658. The van der Waals surface area contributed by atoms with Crippen molar-refractivity contribution in [3.63, 3.8) is 0 Å². The molecule has 1 N–H and O–H groups in total. The van der Waals surface area contributed by atoms with Gasteiger partial charge in [-0.05, 0) is 60.2 Å². The number of nitrogens with one attached hydrogen (secondary N) is 1. The molecule has 1 aromatic carbocycles. The average Bonchev–Trinajstić information content (AvgIpc) is 2.22. The lowest BCUT2D eigenvalue weighted by Crippen LogP contribution is -2.45. The van der Waals surface area contributed by atoms with Gasteiger partial charge in [0.2, 0.25) is 0 Å². The fourth-order valence-electron chi connectivity index (χ4n) is 1.98. The van der Waals surface area contributed by atoms with Gasteiger partial charge in [-0.2, -0.15) is 0 Å². The molecule has 1 aliphatic carbocycles. The van der Waals surface area contributed by atoms with E-state index < -0.39 is 0 Å². The molecule has 1 aromatic rings. The highest BCUT2D eigenvalue weighted by molar-refractivity contribution is 14.1. The Hall–Kier alpha value is -0.620. The summed E-state index contributed by atoms with van der Waals surface area (Å²) in [7, 11) is 1.98. The molecule has 0 aliphatic heterocycles. The molecule has 1 aliphatic rings. The third kappa shape index (κ3) is 3.67. The highest BCUT2D eigenvalue weighted by Gasteiger charge is 2.29. The largest absolute Gasteiger partial charge is 0.490 e. The lowest BCUT2D eigenvalue weighted by Gasteiger charge is -2.35. The topological polar surface area (TPSA) is 38.3 Å². The summed E-state index contributed by atoms with van der Waals surface area (Å²) in [6.45, 7) is 0. The number of carbonyl (C=O) groups is 1. The third-order valence-electron chi connectivity index (χ3n) is 3.05. The van der Waals surface area contributed by atoms with Crippen molar-refractivity contribution in [1.29, 1.82) is 0 Å². The van der Waals surface area contributed by atoms with Gasteiger partial charge in [0.1, 0.15) is 11.9 Å². The zero-order chi connectivity index (χ0) is 12.3. The molecule has 0 unspecified atom stereocenters. The lowest BCUT2D eigenvalue weighted by molar-refractivity contribution is -0.108. The molecule has 1 saturated carbocycles. The van der Waals surface area contributed by atoms with E-state index in [1.54, 1.807) is 0 Å². The van der Waals surface area contributed by atoms with Gasteiger partial charge >= 0.3 is 0 Å². The van der Waals surface area contributed by atoms with Crippen LogP contribution < -0.4 is 10.1 Å². The fourth-order valence-corrected chi connectivity index (χ4v) is 2.42. The van der Waals surface area contributed by atoms with Crippen molar-refractivity contribution >= 4 is 26.4 Å². The van der Waals surface area contributed by atoms with Crippen molar-refractivity contribution in [1.82, 2.24) is 5.32 Å². The van der Waals surface area contributed by atoms with E-state index in [1.165, 1.54) is 0 Å². The Balaban J connectivity index is 1.90. The molecular formula is C13H16INO2. The summed E-state index contributed by atoms with van der Waals surface area (Å²) < 4.78 is 6.00. The second-order valence-electron chi connectivity index (χ2n) is 4.38. The SMILES string of the molecule is CNC1CC(Oc2cccc(CC(=O)I)c2)C1. The summed E-state index contributed by atoms with van der Waals surface area (Å²) in [5, 5.41) is 3.23. The number of ether oxygens (including phenoxy) is 1. The summed E-state index contributed by atoms with van der Waals surface area (Å²) in [6, 6.07) is 8.41. The van der Waals surface area contributed by atoms with Crippen LogP contribution in [0.4, 0.5) is 0 Å². The van der Waals surface area contributed by atoms with Crippen LogP contribution in [-0.2, 0) is 11.2 Å². The number of hydrogen-bond donors (Lipinski definition) is 1. The molecule has 17 heavy (non-hydrogen) atoms. The minimum Gasteiger partial charge on any atom is -0.490 e. The number of rotatable bonds is 5. The van der Waals surface area contributed by atoms with Gasteiger partial charge in [-0.3, -0.25) is 4.79 Å². The minimum atomic E-state index is 0.152. The van der Waals surface area contributed by atoms with Crippen molar-refractivity contribution in [2.45, 2.75) is 31.4 Å². The van der Waals surface area contributed by atoms with Gasteiger partial charge in [0, 0.05) is 12.5 Å². The first-order valence-electron chi connectivity index (χ1n) is 5.78. The lowest BCUT2D eigenvalue weighted by atomic mass is 9.89. The van der Waals surface area contributed by atoms with Gasteiger partial charge < -0.3 is 10.1 Å². The van der Waals surface area contributed by atoms with Crippen molar-refractivity contribution in [3.8, 4) is 5.75 Å². The second kappa shape index (κ2) is 5.82. The van der Waals surface area contributed by atoms with Crippen LogP contribution in [0.15, 0.2) is 24.3 Å². The van der Waals surface area contributed by atoms with E-state index in [0.29, 0.717) is 18.6 Å². The molecule has 92 valence electrons. The van der Waals surface area contributed by atoms with E-state index in [-0.39, 0.29) is 3.79 Å². The monoisotopic (exact) mass is 345 g/mol. The maximum atomic E-state index is 11.0. The first kappa shape index (κ1) is 12.8. The number of halogens is 1. The van der Waals surface area contributed by atoms with Crippen LogP contribution >= 0.6 is 22.6 Å². The van der Waals surface area contributed by atoms with Crippen molar-refractivity contribution in [3.05, 3.63) is 29.8 Å². The van der Waals surface area contributed by atoms with Crippen LogP contribution in [0, 0.1) is 0 Å². The van der Waals surface area contributed by atoms with Crippen molar-refractivity contribution in [2.24, 2.45) is 0 Å². The van der Waals surface area contributed by atoms with E-state index in [2.05, 4.69) is 5.32 Å². The van der Waals surface area contributed by atoms with E-state index in [9.17, 15) is 4.79 Å². The summed E-state index contributed by atoms with van der Waals surface area (Å²) >= 11 is 1.82. The Morgan fingerprint density at radius 2 is 2.29 bits per heavy atom. The molecule has 0 aromatic heterocycles. The summed E-state index contributed by atoms with van der Waals surface area (Å²) in [4.78, 5) is 11.0. The predicted octanol–water partition coefficient (Wildman–Crippen LogP) is 2.32. The summed E-state index contributed by atoms with van der Waals surface area (Å²) in [5.74, 6) is 0.875. The highest BCUT2D eigenvalue weighted by atomic mass is 127. The Kier molecular flexibility index (Phi) is 4.39. The number of benzene rings is 1. The molecule has 1 fully saturated rings. The first-order valence-corrected chi connectivity index (χ1v) is 6.86. The van der Waals surface area contributed by atoms with E-state index in [1.807, 2.05) is 53.9 Å². The smallest absolute Gasteiger partial charge is 0.196 e. The van der Waals surface area contributed by atoms with E-state index >= 15 is 0 Å². The van der Waals surface area contributed by atoms with E-state index in [4.69, 9.17) is 4.74 Å².